The molecule has 0 saturated carbocycles. The van der Waals surface area contributed by atoms with Gasteiger partial charge in [-0.05, 0) is 43.4 Å². The molecule has 0 saturated heterocycles. The van der Waals surface area contributed by atoms with Crippen LogP contribution in [0.5, 0.6) is 0 Å². The molecule has 0 radical (unpaired) electrons. The fourth-order valence-electron chi connectivity index (χ4n) is 11.9. The zero-order chi connectivity index (χ0) is 71.6. The van der Waals surface area contributed by atoms with E-state index in [1.54, 1.807) is 0 Å². The monoisotopic (exact) mass is 1420 g/mol. The maximum absolute atomic E-state index is 13.1. The Morgan fingerprint density at radius 1 is 0.299 bits per heavy atom. The lowest BCUT2D eigenvalue weighted by Crippen LogP contribution is -2.30. The molecule has 17 nitrogen and oxygen atoms in total. The smallest absolute Gasteiger partial charge is 0.462 e. The molecular formula is C78H152O17P2. The first-order chi connectivity index (χ1) is 46.8. The Morgan fingerprint density at radius 3 is 0.784 bits per heavy atom. The predicted molar refractivity (Wildman–Crippen MR) is 395 cm³/mol. The second-order valence-corrected chi connectivity index (χ2v) is 32.2. The number of aliphatic hydroxyl groups excluding tert-OH is 1. The van der Waals surface area contributed by atoms with Crippen molar-refractivity contribution in [2.24, 2.45) is 17.8 Å². The second kappa shape index (κ2) is 68.5. The summed E-state index contributed by atoms with van der Waals surface area (Å²) in [6, 6.07) is 0. The van der Waals surface area contributed by atoms with Crippen molar-refractivity contribution < 1.29 is 80.2 Å². The first-order valence-corrected chi connectivity index (χ1v) is 43.4. The van der Waals surface area contributed by atoms with E-state index in [0.29, 0.717) is 25.7 Å². The fraction of sp³-hybridized carbons (Fsp3) is 0.949. The van der Waals surface area contributed by atoms with E-state index in [0.717, 1.165) is 120 Å². The predicted octanol–water partition coefficient (Wildman–Crippen LogP) is 23.0. The second-order valence-electron chi connectivity index (χ2n) is 29.3. The number of phosphoric ester groups is 2. The molecular weight excluding hydrogens is 1270 g/mol. The van der Waals surface area contributed by atoms with Gasteiger partial charge in [0.1, 0.15) is 19.3 Å². The SMILES string of the molecule is CCCCCCCCCC(=O)OC[C@H](COP(=O)(O)OC[C@H](O)COP(=O)(O)OC[C@@H](COC(=O)CCCCCCCCCCCCCCC(C)C)OC(=O)CCCCCCCCCCCCCCCCCCCCC(C)CC)OC(=O)CCCCCCCCCCCCC(C)C. The molecule has 0 aromatic heterocycles. The van der Waals surface area contributed by atoms with E-state index in [1.807, 2.05) is 0 Å². The van der Waals surface area contributed by atoms with Crippen LogP contribution in [0, 0.1) is 17.8 Å². The molecule has 0 aliphatic carbocycles. The normalized spacial score (nSPS) is 14.3. The quantitative estimate of drug-likeness (QED) is 0.0222. The number of phosphoric acid groups is 2. The standard InChI is InChI=1S/C78H152O17P2/c1-8-10-11-12-35-45-52-59-75(80)88-65-73(94-78(83)62-55-48-41-34-28-27-30-37-43-50-57-70(5)6)67-92-96(84,85)90-63-72(79)64-91-97(86,87)93-68-74(66-89-76(81)60-53-46-39-32-25-22-21-23-29-36-42-49-56-69(3)4)95-77(82)61-54-47-40-33-26-20-18-16-14-13-15-17-19-24-31-38-44-51-58-71(7)9-2/h69-74,79H,8-68H2,1-7H3,(H,84,85)(H,86,87)/t71?,72-,73+,74+/m0/s1. The first-order valence-electron chi connectivity index (χ1n) is 40.4. The largest absolute Gasteiger partial charge is 0.472 e. The molecule has 97 heavy (non-hydrogen) atoms. The minimum Gasteiger partial charge on any atom is -0.462 e. The van der Waals surface area contributed by atoms with E-state index >= 15 is 0 Å². The summed E-state index contributed by atoms with van der Waals surface area (Å²) in [6.45, 7) is 11.9. The highest BCUT2D eigenvalue weighted by atomic mass is 31.2. The molecule has 0 spiro atoms. The van der Waals surface area contributed by atoms with Crippen LogP contribution in [0.3, 0.4) is 0 Å². The fourth-order valence-corrected chi connectivity index (χ4v) is 13.5. The van der Waals surface area contributed by atoms with Crippen molar-refractivity contribution in [1.29, 1.82) is 0 Å². The average molecular weight is 1420 g/mol. The molecule has 0 aliphatic rings. The minimum absolute atomic E-state index is 0.105. The number of hydrogen-bond acceptors (Lipinski definition) is 15. The molecule has 0 heterocycles. The zero-order valence-electron chi connectivity index (χ0n) is 63.5. The van der Waals surface area contributed by atoms with E-state index in [2.05, 4.69) is 48.5 Å². The van der Waals surface area contributed by atoms with Crippen LogP contribution in [0.25, 0.3) is 0 Å². The van der Waals surface area contributed by atoms with Gasteiger partial charge < -0.3 is 33.8 Å². The highest BCUT2D eigenvalue weighted by molar-refractivity contribution is 7.47. The van der Waals surface area contributed by atoms with Gasteiger partial charge in [0.05, 0.1) is 26.4 Å². The van der Waals surface area contributed by atoms with E-state index in [4.69, 9.17) is 37.0 Å². The van der Waals surface area contributed by atoms with E-state index in [9.17, 15) is 43.2 Å². The van der Waals surface area contributed by atoms with Gasteiger partial charge >= 0.3 is 39.5 Å². The van der Waals surface area contributed by atoms with Crippen LogP contribution < -0.4 is 0 Å². The van der Waals surface area contributed by atoms with Gasteiger partial charge in [-0.25, -0.2) is 9.13 Å². The lowest BCUT2D eigenvalue weighted by atomic mass is 9.99. The lowest BCUT2D eigenvalue weighted by Gasteiger charge is -2.21. The Bertz CT molecular complexity index is 1890. The van der Waals surface area contributed by atoms with Crippen molar-refractivity contribution in [3.63, 3.8) is 0 Å². The Morgan fingerprint density at radius 2 is 0.526 bits per heavy atom. The highest BCUT2D eigenvalue weighted by Crippen LogP contribution is 2.45. The minimum atomic E-state index is -4.96. The molecule has 576 valence electrons. The average Bonchev–Trinajstić information content (AvgIpc) is 2.08. The topological polar surface area (TPSA) is 237 Å². The molecule has 0 aromatic rings. The Kier molecular flexibility index (Phi) is 67.1. The molecule has 0 fully saturated rings. The summed E-state index contributed by atoms with van der Waals surface area (Å²) in [5.74, 6) is 0.285. The summed E-state index contributed by atoms with van der Waals surface area (Å²) < 4.78 is 68.5. The maximum Gasteiger partial charge on any atom is 0.472 e. The summed E-state index contributed by atoms with van der Waals surface area (Å²) in [4.78, 5) is 72.7. The zero-order valence-corrected chi connectivity index (χ0v) is 65.3. The van der Waals surface area contributed by atoms with Gasteiger partial charge in [-0.2, -0.15) is 0 Å². The van der Waals surface area contributed by atoms with E-state index in [1.165, 1.54) is 199 Å². The van der Waals surface area contributed by atoms with Crippen molar-refractivity contribution in [3.05, 3.63) is 0 Å². The van der Waals surface area contributed by atoms with Gasteiger partial charge in [0.15, 0.2) is 12.2 Å². The van der Waals surface area contributed by atoms with Crippen LogP contribution in [0.15, 0.2) is 0 Å². The van der Waals surface area contributed by atoms with Gasteiger partial charge in [-0.15, -0.1) is 0 Å². The lowest BCUT2D eigenvalue weighted by molar-refractivity contribution is -0.161. The number of unbranched alkanes of at least 4 members (excludes halogenated alkanes) is 43. The van der Waals surface area contributed by atoms with E-state index in [-0.39, 0.29) is 25.7 Å². The van der Waals surface area contributed by atoms with Gasteiger partial charge in [-0.3, -0.25) is 37.3 Å². The number of ether oxygens (including phenoxy) is 4. The van der Waals surface area contributed by atoms with Crippen molar-refractivity contribution in [1.82, 2.24) is 0 Å². The first kappa shape index (κ1) is 95.1. The molecule has 6 atom stereocenters. The summed E-state index contributed by atoms with van der Waals surface area (Å²) in [6.07, 6.45) is 55.7. The summed E-state index contributed by atoms with van der Waals surface area (Å²) in [5, 5.41) is 10.6. The summed E-state index contributed by atoms with van der Waals surface area (Å²) in [7, 11) is -9.91. The Hall–Kier alpha value is -1.94. The Labute approximate surface area is 594 Å². The van der Waals surface area contributed by atoms with Crippen molar-refractivity contribution in [2.45, 2.75) is 420 Å². The molecule has 3 unspecified atom stereocenters. The molecule has 0 aromatic carbocycles. The molecule has 0 aliphatic heterocycles. The van der Waals surface area contributed by atoms with Crippen molar-refractivity contribution in [3.8, 4) is 0 Å². The number of hydrogen-bond donors (Lipinski definition) is 3. The molecule has 3 N–H and O–H groups in total. The van der Waals surface area contributed by atoms with Gasteiger partial charge in [0, 0.05) is 25.7 Å². The number of esters is 4. The third-order valence-electron chi connectivity index (χ3n) is 18.5. The van der Waals surface area contributed by atoms with E-state index < -0.39 is 97.5 Å². The third-order valence-corrected chi connectivity index (χ3v) is 20.4. The molecule has 0 amide bonds. The number of rotatable bonds is 76. The van der Waals surface area contributed by atoms with Crippen LogP contribution >= 0.6 is 15.6 Å². The van der Waals surface area contributed by atoms with Crippen LogP contribution in [0.1, 0.15) is 402 Å². The molecule has 0 bridgehead atoms. The van der Waals surface area contributed by atoms with Gasteiger partial charge in [-0.1, -0.05) is 350 Å². The Balaban J connectivity index is 5.16. The summed E-state index contributed by atoms with van der Waals surface area (Å²) >= 11 is 0. The van der Waals surface area contributed by atoms with Crippen LogP contribution in [-0.4, -0.2) is 96.7 Å². The van der Waals surface area contributed by atoms with Crippen LogP contribution in [0.4, 0.5) is 0 Å². The third kappa shape index (κ3) is 70.9. The number of carbonyl (C=O) groups is 4. The van der Waals surface area contributed by atoms with Crippen LogP contribution in [0.2, 0.25) is 0 Å². The molecule has 0 rings (SSSR count). The maximum atomic E-state index is 13.1. The molecule has 19 heteroatoms. The van der Waals surface area contributed by atoms with Crippen LogP contribution in [-0.2, 0) is 65.4 Å². The number of carbonyl (C=O) groups excluding carboxylic acids is 4. The van der Waals surface area contributed by atoms with Crippen molar-refractivity contribution in [2.75, 3.05) is 39.6 Å². The van der Waals surface area contributed by atoms with Crippen molar-refractivity contribution >= 4 is 39.5 Å². The summed E-state index contributed by atoms with van der Waals surface area (Å²) in [5.41, 5.74) is 0. The highest BCUT2D eigenvalue weighted by Gasteiger charge is 2.30. The number of aliphatic hydroxyl groups is 1. The van der Waals surface area contributed by atoms with Gasteiger partial charge in [0.25, 0.3) is 0 Å². The van der Waals surface area contributed by atoms with Gasteiger partial charge in [0.2, 0.25) is 0 Å².